The van der Waals surface area contributed by atoms with Crippen molar-refractivity contribution in [2.75, 3.05) is 6.26 Å². The summed E-state index contributed by atoms with van der Waals surface area (Å²) in [5.74, 6) is 0. The molecule has 4 rings (SSSR count). The van der Waals surface area contributed by atoms with Crippen LogP contribution in [0.1, 0.15) is 24.1 Å². The van der Waals surface area contributed by atoms with Gasteiger partial charge in [-0.1, -0.05) is 23.7 Å². The molecule has 1 heterocycles. The molecule has 3 aromatic rings. The van der Waals surface area contributed by atoms with E-state index in [1.807, 2.05) is 41.1 Å². The van der Waals surface area contributed by atoms with E-state index >= 15 is 0 Å². The average Bonchev–Trinajstić information content (AvgIpc) is 3.01. The van der Waals surface area contributed by atoms with Crippen molar-refractivity contribution in [3.8, 4) is 16.9 Å². The minimum absolute atomic E-state index is 0.311. The van der Waals surface area contributed by atoms with Gasteiger partial charge in [0.1, 0.15) is 0 Å². The maximum absolute atomic E-state index is 11.7. The second-order valence-corrected chi connectivity index (χ2v) is 9.12. The Kier molecular flexibility index (Phi) is 4.37. The predicted octanol–water partition coefficient (Wildman–Crippen LogP) is 4.48. The van der Waals surface area contributed by atoms with Gasteiger partial charge in [-0.05, 0) is 62.1 Å². The van der Waals surface area contributed by atoms with Gasteiger partial charge in [0.25, 0.3) is 0 Å². The highest BCUT2D eigenvalue weighted by atomic mass is 35.5. The molecule has 0 saturated heterocycles. The number of aromatic nitrogens is 2. The summed E-state index contributed by atoms with van der Waals surface area (Å²) in [5, 5.41) is 5.55. The molecule has 0 bridgehead atoms. The largest absolute Gasteiger partial charge is 0.233 e. The fourth-order valence-corrected chi connectivity index (χ4v) is 4.24. The van der Waals surface area contributed by atoms with Crippen LogP contribution in [0, 0.1) is 0 Å². The van der Waals surface area contributed by atoms with Gasteiger partial charge in [-0.25, -0.2) is 13.1 Å². The lowest BCUT2D eigenvalue weighted by Crippen LogP contribution is -2.02. The topological polar surface area (TPSA) is 52.0 Å². The summed E-state index contributed by atoms with van der Waals surface area (Å²) in [6.07, 6.45) is 5.51. The van der Waals surface area contributed by atoms with Crippen LogP contribution in [0.15, 0.2) is 53.4 Å². The van der Waals surface area contributed by atoms with Crippen LogP contribution in [-0.4, -0.2) is 24.5 Å². The van der Waals surface area contributed by atoms with Crippen LogP contribution >= 0.6 is 11.6 Å². The molecule has 134 valence electrons. The van der Waals surface area contributed by atoms with Gasteiger partial charge in [-0.15, -0.1) is 0 Å². The van der Waals surface area contributed by atoms with Gasteiger partial charge in [0, 0.05) is 22.4 Å². The molecule has 0 N–H and O–H groups in total. The van der Waals surface area contributed by atoms with Crippen molar-refractivity contribution in [1.29, 1.82) is 0 Å². The van der Waals surface area contributed by atoms with E-state index < -0.39 is 9.84 Å². The number of sulfone groups is 1. The molecule has 0 atom stereocenters. The molecular formula is C20H19ClN2O2S. The maximum atomic E-state index is 11.7. The molecule has 1 aromatic heterocycles. The van der Waals surface area contributed by atoms with E-state index in [2.05, 4.69) is 0 Å². The van der Waals surface area contributed by atoms with E-state index in [1.54, 1.807) is 12.1 Å². The van der Waals surface area contributed by atoms with Crippen LogP contribution in [0.2, 0.25) is 5.02 Å². The number of nitrogens with zero attached hydrogens (tertiary/aromatic N) is 2. The highest BCUT2D eigenvalue weighted by molar-refractivity contribution is 7.90. The number of hydrogen-bond acceptors (Lipinski definition) is 3. The van der Waals surface area contributed by atoms with E-state index in [9.17, 15) is 8.42 Å². The summed E-state index contributed by atoms with van der Waals surface area (Å²) in [6, 6.07) is 14.7. The first-order chi connectivity index (χ1) is 12.4. The van der Waals surface area contributed by atoms with Crippen molar-refractivity contribution in [2.45, 2.75) is 30.6 Å². The second kappa shape index (κ2) is 6.56. The van der Waals surface area contributed by atoms with E-state index in [4.69, 9.17) is 16.7 Å². The molecule has 1 aliphatic carbocycles. The Hall–Kier alpha value is -2.11. The molecule has 0 saturated carbocycles. The summed E-state index contributed by atoms with van der Waals surface area (Å²) >= 11 is 6.05. The number of rotatable bonds is 3. The van der Waals surface area contributed by atoms with Crippen molar-refractivity contribution >= 4 is 21.4 Å². The summed E-state index contributed by atoms with van der Waals surface area (Å²) < 4.78 is 25.4. The normalized spacial score (nSPS) is 14.2. The van der Waals surface area contributed by atoms with Crippen molar-refractivity contribution in [2.24, 2.45) is 0 Å². The molecule has 4 nitrogen and oxygen atoms in total. The Morgan fingerprint density at radius 1 is 0.962 bits per heavy atom. The van der Waals surface area contributed by atoms with E-state index in [0.717, 1.165) is 48.3 Å². The average molecular weight is 387 g/mol. The fraction of sp³-hybridized carbons (Fsp3) is 0.250. The third-order valence-electron chi connectivity index (χ3n) is 4.78. The smallest absolute Gasteiger partial charge is 0.175 e. The zero-order valence-corrected chi connectivity index (χ0v) is 16.0. The minimum Gasteiger partial charge on any atom is -0.233 e. The van der Waals surface area contributed by atoms with Crippen LogP contribution in [0.25, 0.3) is 16.9 Å². The molecule has 0 radical (unpaired) electrons. The minimum atomic E-state index is -3.22. The third kappa shape index (κ3) is 3.17. The molecule has 0 unspecified atom stereocenters. The van der Waals surface area contributed by atoms with Crippen LogP contribution in [0.5, 0.6) is 0 Å². The molecule has 0 amide bonds. The Labute approximate surface area is 158 Å². The number of halogens is 1. The van der Waals surface area contributed by atoms with Gasteiger partial charge in [0.05, 0.1) is 22.0 Å². The van der Waals surface area contributed by atoms with Crippen LogP contribution in [-0.2, 0) is 22.7 Å². The second-order valence-electron chi connectivity index (χ2n) is 6.67. The van der Waals surface area contributed by atoms with Crippen molar-refractivity contribution in [3.63, 3.8) is 0 Å². The Balaban J connectivity index is 1.88. The first kappa shape index (κ1) is 17.3. The van der Waals surface area contributed by atoms with Gasteiger partial charge in [0.15, 0.2) is 9.84 Å². The number of hydrogen-bond donors (Lipinski definition) is 0. The quantitative estimate of drug-likeness (QED) is 0.667. The standard InChI is InChI=1S/C20H19ClN2O2S/c1-26(24,25)17-12-10-16(11-13-17)23-20(14-6-8-15(21)9-7-14)18-4-2-3-5-19(18)22-23/h6-13H,2-5H2,1H3. The summed E-state index contributed by atoms with van der Waals surface area (Å²) in [4.78, 5) is 0.311. The monoisotopic (exact) mass is 386 g/mol. The zero-order chi connectivity index (χ0) is 18.3. The summed E-state index contributed by atoms with van der Waals surface area (Å²) in [5.41, 5.74) is 5.41. The number of aryl methyl sites for hydroxylation is 1. The van der Waals surface area contributed by atoms with Gasteiger partial charge >= 0.3 is 0 Å². The molecule has 0 fully saturated rings. The van der Waals surface area contributed by atoms with E-state index in [1.165, 1.54) is 11.8 Å². The Bertz CT molecular complexity index is 1050. The van der Waals surface area contributed by atoms with Crippen molar-refractivity contribution < 1.29 is 8.42 Å². The molecular weight excluding hydrogens is 368 g/mol. The van der Waals surface area contributed by atoms with Crippen LogP contribution < -0.4 is 0 Å². The third-order valence-corrected chi connectivity index (χ3v) is 6.16. The molecule has 2 aromatic carbocycles. The van der Waals surface area contributed by atoms with Crippen molar-refractivity contribution in [3.05, 3.63) is 64.8 Å². The summed E-state index contributed by atoms with van der Waals surface area (Å²) in [6.45, 7) is 0. The molecule has 1 aliphatic rings. The summed E-state index contributed by atoms with van der Waals surface area (Å²) in [7, 11) is -3.22. The SMILES string of the molecule is CS(=O)(=O)c1ccc(-n2nc3c(c2-c2ccc(Cl)cc2)CCCC3)cc1. The van der Waals surface area contributed by atoms with Crippen LogP contribution in [0.3, 0.4) is 0 Å². The highest BCUT2D eigenvalue weighted by Gasteiger charge is 2.22. The molecule has 6 heteroatoms. The van der Waals surface area contributed by atoms with Crippen molar-refractivity contribution in [1.82, 2.24) is 9.78 Å². The Morgan fingerprint density at radius 2 is 1.62 bits per heavy atom. The first-order valence-electron chi connectivity index (χ1n) is 8.61. The van der Waals surface area contributed by atoms with E-state index in [0.29, 0.717) is 9.92 Å². The lowest BCUT2D eigenvalue weighted by atomic mass is 9.93. The molecule has 0 aliphatic heterocycles. The van der Waals surface area contributed by atoms with Crippen LogP contribution in [0.4, 0.5) is 0 Å². The Morgan fingerprint density at radius 3 is 2.27 bits per heavy atom. The maximum Gasteiger partial charge on any atom is 0.175 e. The molecule has 26 heavy (non-hydrogen) atoms. The number of fused-ring (bicyclic) bond motifs is 1. The highest BCUT2D eigenvalue weighted by Crippen LogP contribution is 2.34. The van der Waals surface area contributed by atoms with Gasteiger partial charge in [0.2, 0.25) is 0 Å². The lowest BCUT2D eigenvalue weighted by Gasteiger charge is -2.13. The first-order valence-corrected chi connectivity index (χ1v) is 10.9. The van der Waals surface area contributed by atoms with Gasteiger partial charge < -0.3 is 0 Å². The fourth-order valence-electron chi connectivity index (χ4n) is 3.48. The van der Waals surface area contributed by atoms with Gasteiger partial charge in [-0.3, -0.25) is 0 Å². The van der Waals surface area contributed by atoms with E-state index in [-0.39, 0.29) is 0 Å². The zero-order valence-electron chi connectivity index (χ0n) is 14.4. The van der Waals surface area contributed by atoms with Gasteiger partial charge in [-0.2, -0.15) is 5.10 Å². The predicted molar refractivity (Wildman–Crippen MR) is 104 cm³/mol. The number of benzene rings is 2. The molecule has 0 spiro atoms. The lowest BCUT2D eigenvalue weighted by molar-refractivity contribution is 0.602.